The molecule has 120 valence electrons. The van der Waals surface area contributed by atoms with Gasteiger partial charge in [-0.1, -0.05) is 6.07 Å². The molecule has 1 aromatic rings. The van der Waals surface area contributed by atoms with E-state index in [0.29, 0.717) is 26.2 Å². The van der Waals surface area contributed by atoms with Gasteiger partial charge in [0.2, 0.25) is 0 Å². The fourth-order valence-corrected chi connectivity index (χ4v) is 2.39. The Morgan fingerprint density at radius 1 is 1.24 bits per heavy atom. The number of rotatable bonds is 3. The van der Waals surface area contributed by atoms with Crippen LogP contribution in [0.2, 0.25) is 0 Å². The van der Waals surface area contributed by atoms with Crippen molar-refractivity contribution in [1.29, 1.82) is 0 Å². The normalized spacial score (nSPS) is 18.0. The van der Waals surface area contributed by atoms with Crippen LogP contribution < -0.4 is 10.1 Å². The largest absolute Gasteiger partial charge is 0.494 e. The van der Waals surface area contributed by atoms with E-state index in [1.54, 1.807) is 0 Å². The molecule has 2 rings (SSSR count). The highest BCUT2D eigenvalue weighted by Gasteiger charge is 2.45. The van der Waals surface area contributed by atoms with E-state index in [0.717, 1.165) is 18.2 Å². The van der Waals surface area contributed by atoms with E-state index in [1.807, 2.05) is 0 Å². The first-order valence-electron chi connectivity index (χ1n) is 6.28. The van der Waals surface area contributed by atoms with E-state index in [-0.39, 0.29) is 23.7 Å². The van der Waals surface area contributed by atoms with E-state index in [2.05, 4.69) is 5.32 Å². The molecule has 21 heavy (non-hydrogen) atoms. The van der Waals surface area contributed by atoms with Crippen molar-refractivity contribution in [1.82, 2.24) is 10.2 Å². The Bertz CT molecular complexity index is 464. The number of hydrogen-bond donors (Lipinski definition) is 1. The second-order valence-electron chi connectivity index (χ2n) is 4.62. The Labute approximate surface area is 126 Å². The van der Waals surface area contributed by atoms with Gasteiger partial charge in [-0.3, -0.25) is 4.90 Å². The van der Waals surface area contributed by atoms with Crippen LogP contribution in [-0.4, -0.2) is 44.4 Å². The number of hydrogen-bond acceptors (Lipinski definition) is 3. The highest BCUT2D eigenvalue weighted by Crippen LogP contribution is 2.39. The molecule has 0 aliphatic carbocycles. The number of halogens is 5. The second kappa shape index (κ2) is 7.29. The molecule has 1 fully saturated rings. The van der Waals surface area contributed by atoms with E-state index < -0.39 is 18.0 Å². The van der Waals surface area contributed by atoms with Crippen molar-refractivity contribution >= 4 is 12.4 Å². The minimum Gasteiger partial charge on any atom is -0.494 e. The Balaban J connectivity index is 0.00000220. The van der Waals surface area contributed by atoms with E-state index >= 15 is 0 Å². The van der Waals surface area contributed by atoms with Crippen molar-refractivity contribution < 1.29 is 22.3 Å². The molecule has 0 spiro atoms. The third-order valence-corrected chi connectivity index (χ3v) is 3.32. The maximum Gasteiger partial charge on any atom is 0.408 e. The Kier molecular flexibility index (Phi) is 6.24. The Hall–Kier alpha value is -1.05. The number of methoxy groups -OCH3 is 1. The van der Waals surface area contributed by atoms with Crippen molar-refractivity contribution in [2.45, 2.75) is 12.2 Å². The maximum atomic E-state index is 13.3. The lowest BCUT2D eigenvalue weighted by molar-refractivity contribution is -0.187. The SMILES string of the molecule is COc1cc([C@H](N2CCNCC2)C(F)(F)F)ccc1F.Cl. The van der Waals surface area contributed by atoms with Crippen LogP contribution in [0.4, 0.5) is 17.6 Å². The molecule has 1 aromatic carbocycles. The van der Waals surface area contributed by atoms with Crippen molar-refractivity contribution in [3.8, 4) is 5.75 Å². The van der Waals surface area contributed by atoms with Crippen molar-refractivity contribution in [3.05, 3.63) is 29.6 Å². The molecule has 1 N–H and O–H groups in total. The lowest BCUT2D eigenvalue weighted by Gasteiger charge is -2.36. The van der Waals surface area contributed by atoms with Gasteiger partial charge in [0.1, 0.15) is 6.04 Å². The highest BCUT2D eigenvalue weighted by atomic mass is 35.5. The van der Waals surface area contributed by atoms with Crippen molar-refractivity contribution in [2.24, 2.45) is 0 Å². The van der Waals surface area contributed by atoms with Crippen LogP contribution in [0.5, 0.6) is 5.75 Å². The minimum absolute atomic E-state index is 0. The summed E-state index contributed by atoms with van der Waals surface area (Å²) in [4.78, 5) is 1.35. The first kappa shape index (κ1) is 18.0. The van der Waals surface area contributed by atoms with Gasteiger partial charge in [0.25, 0.3) is 0 Å². The summed E-state index contributed by atoms with van der Waals surface area (Å²) in [5, 5.41) is 3.01. The molecule has 0 unspecified atom stereocenters. The van der Waals surface area contributed by atoms with Crippen molar-refractivity contribution in [2.75, 3.05) is 33.3 Å². The number of piperazine rings is 1. The van der Waals surface area contributed by atoms with E-state index in [9.17, 15) is 17.6 Å². The molecule has 1 atom stereocenters. The van der Waals surface area contributed by atoms with E-state index in [4.69, 9.17) is 4.74 Å². The number of ether oxygens (including phenoxy) is 1. The number of alkyl halides is 3. The molecule has 0 amide bonds. The van der Waals surface area contributed by atoms with Gasteiger partial charge in [0.05, 0.1) is 7.11 Å². The molecular formula is C13H17ClF4N2O. The topological polar surface area (TPSA) is 24.5 Å². The predicted octanol–water partition coefficient (Wildman–Crippen LogP) is 2.76. The average molecular weight is 329 g/mol. The fourth-order valence-electron chi connectivity index (χ4n) is 2.39. The smallest absolute Gasteiger partial charge is 0.408 e. The molecule has 1 heterocycles. The molecule has 0 bridgehead atoms. The summed E-state index contributed by atoms with van der Waals surface area (Å²) in [6.07, 6.45) is -4.42. The van der Waals surface area contributed by atoms with Gasteiger partial charge in [0, 0.05) is 26.2 Å². The lowest BCUT2D eigenvalue weighted by atomic mass is 10.0. The molecule has 8 heteroatoms. The van der Waals surface area contributed by atoms with Gasteiger partial charge in [-0.25, -0.2) is 4.39 Å². The highest BCUT2D eigenvalue weighted by molar-refractivity contribution is 5.85. The molecular weight excluding hydrogens is 312 g/mol. The zero-order valence-electron chi connectivity index (χ0n) is 11.4. The van der Waals surface area contributed by atoms with Gasteiger partial charge in [-0.15, -0.1) is 12.4 Å². The summed E-state index contributed by atoms with van der Waals surface area (Å²) < 4.78 is 58.1. The second-order valence-corrected chi connectivity index (χ2v) is 4.62. The first-order chi connectivity index (χ1) is 9.43. The maximum absolute atomic E-state index is 13.3. The van der Waals surface area contributed by atoms with Crippen molar-refractivity contribution in [3.63, 3.8) is 0 Å². The number of benzene rings is 1. The van der Waals surface area contributed by atoms with Crippen LogP contribution >= 0.6 is 12.4 Å². The number of nitrogens with zero attached hydrogens (tertiary/aromatic N) is 1. The van der Waals surface area contributed by atoms with Gasteiger partial charge >= 0.3 is 6.18 Å². The fraction of sp³-hybridized carbons (Fsp3) is 0.538. The third-order valence-electron chi connectivity index (χ3n) is 3.32. The minimum atomic E-state index is -4.42. The summed E-state index contributed by atoms with van der Waals surface area (Å²) in [5.74, 6) is -0.843. The van der Waals surface area contributed by atoms with Crippen LogP contribution in [0.1, 0.15) is 11.6 Å². The Morgan fingerprint density at radius 3 is 2.38 bits per heavy atom. The summed E-state index contributed by atoms with van der Waals surface area (Å²) in [5.41, 5.74) is -0.00218. The van der Waals surface area contributed by atoms with Crippen LogP contribution in [0.15, 0.2) is 18.2 Å². The molecule has 0 aromatic heterocycles. The molecule has 1 saturated heterocycles. The van der Waals surface area contributed by atoms with Crippen LogP contribution in [0.25, 0.3) is 0 Å². The predicted molar refractivity (Wildman–Crippen MR) is 73.4 cm³/mol. The zero-order chi connectivity index (χ0) is 14.8. The third kappa shape index (κ3) is 4.21. The molecule has 0 saturated carbocycles. The summed E-state index contributed by atoms with van der Waals surface area (Å²) in [7, 11) is 1.23. The summed E-state index contributed by atoms with van der Waals surface area (Å²) in [6.45, 7) is 1.60. The molecule has 0 radical (unpaired) electrons. The van der Waals surface area contributed by atoms with E-state index in [1.165, 1.54) is 12.0 Å². The quantitative estimate of drug-likeness (QED) is 0.864. The van der Waals surface area contributed by atoms with Gasteiger partial charge < -0.3 is 10.1 Å². The van der Waals surface area contributed by atoms with Gasteiger partial charge in [0.15, 0.2) is 11.6 Å². The van der Waals surface area contributed by atoms with Crippen LogP contribution in [0, 0.1) is 5.82 Å². The van der Waals surface area contributed by atoms with Crippen LogP contribution in [0.3, 0.4) is 0 Å². The lowest BCUT2D eigenvalue weighted by Crippen LogP contribution is -2.49. The van der Waals surface area contributed by atoms with Gasteiger partial charge in [-0.05, 0) is 17.7 Å². The molecule has 3 nitrogen and oxygen atoms in total. The monoisotopic (exact) mass is 328 g/mol. The zero-order valence-corrected chi connectivity index (χ0v) is 12.2. The Morgan fingerprint density at radius 2 is 1.86 bits per heavy atom. The molecule has 1 aliphatic heterocycles. The summed E-state index contributed by atoms with van der Waals surface area (Å²) in [6, 6.07) is 1.56. The average Bonchev–Trinajstić information content (AvgIpc) is 2.40. The standard InChI is InChI=1S/C13H16F4N2O.ClH/c1-20-11-8-9(2-3-10(11)14)12(13(15,16)17)19-6-4-18-5-7-19;/h2-3,8,12,18H,4-7H2,1H3;1H/t12-;/m0./s1. The molecule has 1 aliphatic rings. The summed E-state index contributed by atoms with van der Waals surface area (Å²) >= 11 is 0. The van der Waals surface area contributed by atoms with Gasteiger partial charge in [-0.2, -0.15) is 13.2 Å². The van der Waals surface area contributed by atoms with Crippen LogP contribution in [-0.2, 0) is 0 Å². The first-order valence-corrected chi connectivity index (χ1v) is 6.28. The number of nitrogens with one attached hydrogen (secondary N) is 1.